The molecule has 108 valence electrons. The Bertz CT molecular complexity index is 715. The van der Waals surface area contributed by atoms with E-state index < -0.39 is 0 Å². The third kappa shape index (κ3) is 2.78. The summed E-state index contributed by atoms with van der Waals surface area (Å²) in [5, 5.41) is 14.5. The molecule has 0 spiro atoms. The van der Waals surface area contributed by atoms with E-state index in [9.17, 15) is 10.1 Å². The average Bonchev–Trinajstić information content (AvgIpc) is 2.81. The van der Waals surface area contributed by atoms with Crippen LogP contribution >= 0.6 is 15.9 Å². The zero-order valence-corrected chi connectivity index (χ0v) is 13.2. The van der Waals surface area contributed by atoms with E-state index in [2.05, 4.69) is 33.4 Å². The fraction of sp³-hybridized carbons (Fsp3) is 0.250. The molecule has 0 aliphatic heterocycles. The molecule has 0 bridgehead atoms. The number of rotatable bonds is 3. The molecule has 2 aromatic rings. The van der Waals surface area contributed by atoms with E-state index in [4.69, 9.17) is 0 Å². The number of halogens is 1. The summed E-state index contributed by atoms with van der Waals surface area (Å²) >= 11 is 3.48. The number of hydrogen-bond donors (Lipinski definition) is 1. The SMILES string of the molecule is Cc1ccc([N+](=O)[O-])c(NC2CCc3cc(Br)ccc32)c1. The lowest BCUT2D eigenvalue weighted by Gasteiger charge is -2.16. The molecular weight excluding hydrogens is 332 g/mol. The highest BCUT2D eigenvalue weighted by Crippen LogP contribution is 2.37. The van der Waals surface area contributed by atoms with E-state index in [0.29, 0.717) is 5.69 Å². The monoisotopic (exact) mass is 346 g/mol. The van der Waals surface area contributed by atoms with Crippen LogP contribution in [0.15, 0.2) is 40.9 Å². The van der Waals surface area contributed by atoms with Gasteiger partial charge in [0.05, 0.1) is 11.0 Å². The predicted molar refractivity (Wildman–Crippen MR) is 86.7 cm³/mol. The first-order chi connectivity index (χ1) is 10.0. The van der Waals surface area contributed by atoms with Crippen molar-refractivity contribution in [3.8, 4) is 0 Å². The lowest BCUT2D eigenvalue weighted by atomic mass is 10.1. The number of nitro groups is 1. The molecular formula is C16H15BrN2O2. The van der Waals surface area contributed by atoms with E-state index in [1.54, 1.807) is 12.1 Å². The van der Waals surface area contributed by atoms with Gasteiger partial charge in [-0.2, -0.15) is 0 Å². The number of nitro benzene ring substituents is 1. The summed E-state index contributed by atoms with van der Waals surface area (Å²) < 4.78 is 1.07. The molecule has 0 amide bonds. The maximum Gasteiger partial charge on any atom is 0.292 e. The van der Waals surface area contributed by atoms with Gasteiger partial charge in [0.1, 0.15) is 5.69 Å². The number of nitrogens with one attached hydrogen (secondary N) is 1. The zero-order chi connectivity index (χ0) is 15.0. The topological polar surface area (TPSA) is 55.2 Å². The molecule has 1 aliphatic carbocycles. The minimum atomic E-state index is -0.334. The smallest absolute Gasteiger partial charge is 0.292 e. The second-order valence-electron chi connectivity index (χ2n) is 5.36. The van der Waals surface area contributed by atoms with Crippen molar-refractivity contribution in [1.29, 1.82) is 0 Å². The molecule has 0 aromatic heterocycles. The predicted octanol–water partition coefficient (Wildman–Crippen LogP) is 4.77. The zero-order valence-electron chi connectivity index (χ0n) is 11.6. The molecule has 0 heterocycles. The summed E-state index contributed by atoms with van der Waals surface area (Å²) in [7, 11) is 0. The van der Waals surface area contributed by atoms with Gasteiger partial charge in [0.25, 0.3) is 5.69 Å². The highest BCUT2D eigenvalue weighted by Gasteiger charge is 2.25. The van der Waals surface area contributed by atoms with Crippen molar-refractivity contribution in [3.05, 3.63) is 67.7 Å². The third-order valence-electron chi connectivity index (χ3n) is 3.86. The number of hydrogen-bond acceptors (Lipinski definition) is 3. The van der Waals surface area contributed by atoms with Crippen molar-refractivity contribution in [2.45, 2.75) is 25.8 Å². The molecule has 0 fully saturated rings. The van der Waals surface area contributed by atoms with Crippen molar-refractivity contribution >= 4 is 27.3 Å². The Labute approximate surface area is 131 Å². The molecule has 3 rings (SSSR count). The second-order valence-corrected chi connectivity index (χ2v) is 6.27. The molecule has 1 N–H and O–H groups in total. The van der Waals surface area contributed by atoms with Gasteiger partial charge in [-0.25, -0.2) is 0 Å². The van der Waals surface area contributed by atoms with Gasteiger partial charge in [-0.1, -0.05) is 28.1 Å². The van der Waals surface area contributed by atoms with Crippen LogP contribution in [-0.2, 0) is 6.42 Å². The van der Waals surface area contributed by atoms with Gasteiger partial charge in [-0.05, 0) is 54.7 Å². The van der Waals surface area contributed by atoms with Crippen LogP contribution in [0.5, 0.6) is 0 Å². The van der Waals surface area contributed by atoms with E-state index in [0.717, 1.165) is 22.9 Å². The Kier molecular flexibility index (Phi) is 3.68. The van der Waals surface area contributed by atoms with Crippen molar-refractivity contribution < 1.29 is 4.92 Å². The van der Waals surface area contributed by atoms with E-state index >= 15 is 0 Å². The molecule has 1 unspecified atom stereocenters. The van der Waals surface area contributed by atoms with Gasteiger partial charge >= 0.3 is 0 Å². The number of aryl methyl sites for hydroxylation is 2. The molecule has 0 radical (unpaired) electrons. The number of fused-ring (bicyclic) bond motifs is 1. The molecule has 1 aliphatic rings. The van der Waals surface area contributed by atoms with Crippen molar-refractivity contribution in [3.63, 3.8) is 0 Å². The van der Waals surface area contributed by atoms with E-state index in [1.807, 2.05) is 19.1 Å². The number of nitrogens with zero attached hydrogens (tertiary/aromatic N) is 1. The van der Waals surface area contributed by atoms with E-state index in [1.165, 1.54) is 11.1 Å². The normalized spacial score (nSPS) is 16.6. The summed E-state index contributed by atoms with van der Waals surface area (Å²) in [6.45, 7) is 1.94. The Morgan fingerprint density at radius 2 is 2.10 bits per heavy atom. The maximum absolute atomic E-state index is 11.2. The summed E-state index contributed by atoms with van der Waals surface area (Å²) in [5.74, 6) is 0. The van der Waals surface area contributed by atoms with Gasteiger partial charge in [0.2, 0.25) is 0 Å². The van der Waals surface area contributed by atoms with Gasteiger partial charge in [-0.3, -0.25) is 10.1 Å². The quantitative estimate of drug-likeness (QED) is 0.643. The largest absolute Gasteiger partial charge is 0.373 e. The number of benzene rings is 2. The molecule has 21 heavy (non-hydrogen) atoms. The maximum atomic E-state index is 11.2. The van der Waals surface area contributed by atoms with Gasteiger partial charge in [0.15, 0.2) is 0 Å². The summed E-state index contributed by atoms with van der Waals surface area (Å²) in [4.78, 5) is 10.8. The van der Waals surface area contributed by atoms with Crippen LogP contribution in [0.3, 0.4) is 0 Å². The standard InChI is InChI=1S/C16H15BrN2O2/c1-10-2-7-16(19(20)21)15(8-10)18-14-6-3-11-9-12(17)4-5-13(11)14/h2,4-5,7-9,14,18H,3,6H2,1H3. The van der Waals surface area contributed by atoms with Crippen molar-refractivity contribution in [1.82, 2.24) is 0 Å². The van der Waals surface area contributed by atoms with Gasteiger partial charge in [-0.15, -0.1) is 0 Å². The fourth-order valence-corrected chi connectivity index (χ4v) is 3.26. The van der Waals surface area contributed by atoms with Crippen molar-refractivity contribution in [2.24, 2.45) is 0 Å². The second kappa shape index (κ2) is 5.48. The summed E-state index contributed by atoms with van der Waals surface area (Å²) in [6.07, 6.45) is 1.95. The van der Waals surface area contributed by atoms with Gasteiger partial charge in [0, 0.05) is 10.5 Å². The van der Waals surface area contributed by atoms with Gasteiger partial charge < -0.3 is 5.32 Å². The van der Waals surface area contributed by atoms with Crippen LogP contribution in [0.2, 0.25) is 0 Å². The Hall–Kier alpha value is -1.88. The molecule has 4 nitrogen and oxygen atoms in total. The van der Waals surface area contributed by atoms with Crippen molar-refractivity contribution in [2.75, 3.05) is 5.32 Å². The average molecular weight is 347 g/mol. The molecule has 1 atom stereocenters. The first-order valence-electron chi connectivity index (χ1n) is 6.84. The summed E-state index contributed by atoms with van der Waals surface area (Å²) in [6, 6.07) is 11.5. The third-order valence-corrected chi connectivity index (χ3v) is 4.35. The van der Waals surface area contributed by atoms with Crippen LogP contribution in [0, 0.1) is 17.0 Å². The summed E-state index contributed by atoms with van der Waals surface area (Å²) in [5.41, 5.74) is 4.27. The first-order valence-corrected chi connectivity index (χ1v) is 7.64. The fourth-order valence-electron chi connectivity index (χ4n) is 2.85. The lowest BCUT2D eigenvalue weighted by Crippen LogP contribution is -2.09. The number of anilines is 1. The molecule has 2 aromatic carbocycles. The van der Waals surface area contributed by atoms with E-state index in [-0.39, 0.29) is 16.7 Å². The Morgan fingerprint density at radius 1 is 1.29 bits per heavy atom. The van der Waals surface area contributed by atoms with Crippen LogP contribution in [-0.4, -0.2) is 4.92 Å². The van der Waals surface area contributed by atoms with Crippen LogP contribution in [0.4, 0.5) is 11.4 Å². The highest BCUT2D eigenvalue weighted by molar-refractivity contribution is 9.10. The molecule has 5 heteroatoms. The van der Waals surface area contributed by atoms with Crippen LogP contribution in [0.25, 0.3) is 0 Å². The lowest BCUT2D eigenvalue weighted by molar-refractivity contribution is -0.384. The highest BCUT2D eigenvalue weighted by atomic mass is 79.9. The Morgan fingerprint density at radius 3 is 2.86 bits per heavy atom. The minimum Gasteiger partial charge on any atom is -0.373 e. The molecule has 0 saturated heterocycles. The first kappa shape index (κ1) is 14.1. The minimum absolute atomic E-state index is 0.131. The van der Waals surface area contributed by atoms with Crippen LogP contribution < -0.4 is 5.32 Å². The van der Waals surface area contributed by atoms with Crippen LogP contribution in [0.1, 0.15) is 29.2 Å². The molecule has 0 saturated carbocycles. The Balaban J connectivity index is 1.93.